The van der Waals surface area contributed by atoms with E-state index in [1.807, 2.05) is 67.6 Å². The number of fused-ring (bicyclic) bond motifs is 1. The highest BCUT2D eigenvalue weighted by Gasteiger charge is 2.32. The number of anilines is 2. The number of tetrazole rings is 1. The fraction of sp³-hybridized carbons (Fsp3) is 0.120. The Morgan fingerprint density at radius 2 is 1.79 bits per heavy atom. The van der Waals surface area contributed by atoms with Crippen LogP contribution >= 0.6 is 0 Å². The summed E-state index contributed by atoms with van der Waals surface area (Å²) < 4.78 is 29.3. The minimum absolute atomic E-state index is 0.211. The summed E-state index contributed by atoms with van der Waals surface area (Å²) >= 11 is 0. The maximum atomic E-state index is 14.1. The van der Waals surface area contributed by atoms with E-state index in [4.69, 9.17) is 0 Å². The highest BCUT2D eigenvalue weighted by atomic mass is 19.1. The van der Waals surface area contributed by atoms with Gasteiger partial charge in [-0.2, -0.15) is 4.68 Å². The molecule has 0 saturated carbocycles. The maximum absolute atomic E-state index is 14.1. The van der Waals surface area contributed by atoms with E-state index in [1.54, 1.807) is 9.58 Å². The highest BCUT2D eigenvalue weighted by molar-refractivity contribution is 5.97. The number of carbonyl (C=O) groups is 1. The molecular weight excluding hydrogens is 438 g/mol. The lowest BCUT2D eigenvalue weighted by atomic mass is 10.00. The van der Waals surface area contributed by atoms with Gasteiger partial charge in [0.15, 0.2) is 0 Å². The lowest BCUT2D eigenvalue weighted by molar-refractivity contribution is -0.114. The fourth-order valence-electron chi connectivity index (χ4n) is 3.91. The molecule has 7 nitrogen and oxygen atoms in total. The molecule has 0 saturated heterocycles. The summed E-state index contributed by atoms with van der Waals surface area (Å²) in [4.78, 5) is 14.6. The molecule has 1 atom stereocenters. The van der Waals surface area contributed by atoms with E-state index in [1.165, 1.54) is 0 Å². The van der Waals surface area contributed by atoms with Crippen LogP contribution in [0.3, 0.4) is 0 Å². The number of nitrogens with zero attached hydrogens (tertiary/aromatic N) is 5. The average Bonchev–Trinajstić information content (AvgIpc) is 3.33. The lowest BCUT2D eigenvalue weighted by Crippen LogP contribution is -2.37. The van der Waals surface area contributed by atoms with Crippen LogP contribution in [-0.2, 0) is 4.79 Å². The number of aryl methyl sites for hydroxylation is 1. The van der Waals surface area contributed by atoms with Crippen molar-refractivity contribution >= 4 is 23.2 Å². The van der Waals surface area contributed by atoms with Crippen molar-refractivity contribution in [2.75, 3.05) is 16.8 Å². The minimum Gasteiger partial charge on any atom is -0.322 e. The normalized spacial score (nSPS) is 15.0. The molecule has 1 amide bonds. The third-order valence-electron chi connectivity index (χ3n) is 5.58. The summed E-state index contributed by atoms with van der Waals surface area (Å²) in [6.45, 7) is 1.80. The molecule has 0 bridgehead atoms. The van der Waals surface area contributed by atoms with Crippen LogP contribution < -0.4 is 10.2 Å². The van der Waals surface area contributed by atoms with Crippen LogP contribution in [0.4, 0.5) is 20.4 Å². The van der Waals surface area contributed by atoms with Gasteiger partial charge in [0.2, 0.25) is 5.91 Å². The molecule has 1 aliphatic heterocycles. The van der Waals surface area contributed by atoms with Crippen LogP contribution in [0.15, 0.2) is 78.9 Å². The summed E-state index contributed by atoms with van der Waals surface area (Å²) in [6.07, 6.45) is 1.99. The van der Waals surface area contributed by atoms with Crippen molar-refractivity contribution in [3.63, 3.8) is 0 Å². The number of allylic oxidation sites excluding steroid dienone is 1. The van der Waals surface area contributed by atoms with Crippen LogP contribution in [0, 0.1) is 18.6 Å². The summed E-state index contributed by atoms with van der Waals surface area (Å²) in [6, 6.07) is 20.2. The Kier molecular flexibility index (Phi) is 5.59. The maximum Gasteiger partial charge on any atom is 0.251 e. The average molecular weight is 458 g/mol. The Morgan fingerprint density at radius 1 is 1.03 bits per heavy atom. The van der Waals surface area contributed by atoms with Gasteiger partial charge in [0, 0.05) is 6.07 Å². The Morgan fingerprint density at radius 3 is 2.56 bits per heavy atom. The summed E-state index contributed by atoms with van der Waals surface area (Å²) in [5, 5.41) is 14.6. The van der Waals surface area contributed by atoms with Crippen molar-refractivity contribution in [3.05, 3.63) is 107 Å². The van der Waals surface area contributed by atoms with Crippen molar-refractivity contribution in [3.8, 4) is 0 Å². The Balaban J connectivity index is 1.53. The number of nitrogens with one attached hydrogen (secondary N) is 1. The molecule has 5 rings (SSSR count). The number of aromatic nitrogens is 4. The van der Waals surface area contributed by atoms with Gasteiger partial charge >= 0.3 is 0 Å². The molecule has 9 heteroatoms. The van der Waals surface area contributed by atoms with Gasteiger partial charge in [-0.05, 0) is 46.7 Å². The molecule has 3 aromatic carbocycles. The first-order valence-corrected chi connectivity index (χ1v) is 10.6. The minimum atomic E-state index is -0.725. The monoisotopic (exact) mass is 458 g/mol. The number of halogens is 2. The van der Waals surface area contributed by atoms with Crippen molar-refractivity contribution in [2.24, 2.45) is 0 Å². The number of hydrogen-bond acceptors (Lipinski definition) is 5. The summed E-state index contributed by atoms with van der Waals surface area (Å²) in [7, 11) is 0. The smallest absolute Gasteiger partial charge is 0.251 e. The number of rotatable bonds is 5. The fourth-order valence-corrected chi connectivity index (χ4v) is 3.91. The third-order valence-corrected chi connectivity index (χ3v) is 5.58. The Bertz CT molecular complexity index is 1370. The standard InChI is InChI=1S/C25H20F2N6O/c1-16-7-9-18(10-8-16)23-14-22(17-5-3-2-4-6-17)32(25-29-30-31-33(23)25)15-24(34)28-21-13-19(26)11-12-20(21)27/h2-14,23H,15H2,1H3,(H,28,34)/t23-/m1/s1. The molecule has 0 spiro atoms. The van der Waals surface area contributed by atoms with E-state index in [0.717, 1.165) is 40.6 Å². The molecule has 0 fully saturated rings. The van der Waals surface area contributed by atoms with Gasteiger partial charge in [0.25, 0.3) is 5.95 Å². The number of hydrogen-bond donors (Lipinski definition) is 1. The first-order valence-electron chi connectivity index (χ1n) is 10.6. The van der Waals surface area contributed by atoms with Crippen LogP contribution in [0.1, 0.15) is 22.7 Å². The molecule has 4 aromatic rings. The van der Waals surface area contributed by atoms with E-state index in [-0.39, 0.29) is 18.3 Å². The Labute approximate surface area is 194 Å². The zero-order valence-electron chi connectivity index (χ0n) is 18.2. The van der Waals surface area contributed by atoms with Crippen LogP contribution in [-0.4, -0.2) is 32.7 Å². The highest BCUT2D eigenvalue weighted by Crippen LogP contribution is 2.36. The SMILES string of the molecule is Cc1ccc([C@H]2C=C(c3ccccc3)N(CC(=O)Nc3cc(F)ccc3F)c3nnnn32)cc1. The van der Waals surface area contributed by atoms with E-state index in [9.17, 15) is 13.6 Å². The molecule has 1 aliphatic rings. The quantitative estimate of drug-likeness (QED) is 0.481. The van der Waals surface area contributed by atoms with Gasteiger partial charge in [0.05, 0.1) is 11.4 Å². The molecular formula is C25H20F2N6O. The van der Waals surface area contributed by atoms with Gasteiger partial charge in [0.1, 0.15) is 24.2 Å². The summed E-state index contributed by atoms with van der Waals surface area (Å²) in [5.41, 5.74) is 3.47. The van der Waals surface area contributed by atoms with Gasteiger partial charge in [-0.15, -0.1) is 0 Å². The molecule has 1 N–H and O–H groups in total. The zero-order chi connectivity index (χ0) is 23.7. The van der Waals surface area contributed by atoms with E-state index in [0.29, 0.717) is 5.95 Å². The van der Waals surface area contributed by atoms with Crippen molar-refractivity contribution in [2.45, 2.75) is 13.0 Å². The zero-order valence-corrected chi connectivity index (χ0v) is 18.2. The number of benzene rings is 3. The van der Waals surface area contributed by atoms with Gasteiger partial charge in [-0.25, -0.2) is 8.78 Å². The largest absolute Gasteiger partial charge is 0.322 e. The van der Waals surface area contributed by atoms with E-state index in [2.05, 4.69) is 20.8 Å². The van der Waals surface area contributed by atoms with Gasteiger partial charge in [-0.1, -0.05) is 65.3 Å². The van der Waals surface area contributed by atoms with Gasteiger partial charge < -0.3 is 5.32 Å². The van der Waals surface area contributed by atoms with E-state index >= 15 is 0 Å². The molecule has 0 unspecified atom stereocenters. The third kappa shape index (κ3) is 4.15. The molecule has 2 heterocycles. The second-order valence-corrected chi connectivity index (χ2v) is 7.96. The predicted octanol–water partition coefficient (Wildman–Crippen LogP) is 4.35. The molecule has 0 aliphatic carbocycles. The van der Waals surface area contributed by atoms with Crippen molar-refractivity contribution in [1.29, 1.82) is 0 Å². The van der Waals surface area contributed by atoms with Gasteiger partial charge in [-0.3, -0.25) is 9.69 Å². The van der Waals surface area contributed by atoms with E-state index < -0.39 is 17.5 Å². The van der Waals surface area contributed by atoms with Crippen LogP contribution in [0.2, 0.25) is 0 Å². The number of carbonyl (C=O) groups excluding carboxylic acids is 1. The first-order chi connectivity index (χ1) is 16.5. The topological polar surface area (TPSA) is 75.9 Å². The predicted molar refractivity (Wildman–Crippen MR) is 124 cm³/mol. The molecule has 170 valence electrons. The number of amides is 1. The lowest BCUT2D eigenvalue weighted by Gasteiger charge is -2.32. The van der Waals surface area contributed by atoms with Crippen molar-refractivity contribution < 1.29 is 13.6 Å². The Hall–Kier alpha value is -4.40. The van der Waals surface area contributed by atoms with Crippen LogP contribution in [0.25, 0.3) is 5.70 Å². The first kappa shape index (κ1) is 21.4. The molecule has 1 aromatic heterocycles. The molecule has 34 heavy (non-hydrogen) atoms. The summed E-state index contributed by atoms with van der Waals surface area (Å²) in [5.74, 6) is -1.56. The second-order valence-electron chi connectivity index (χ2n) is 7.96. The van der Waals surface area contributed by atoms with Crippen molar-refractivity contribution in [1.82, 2.24) is 20.2 Å². The molecule has 0 radical (unpaired) electrons. The second kappa shape index (κ2) is 8.86. The van der Waals surface area contributed by atoms with Crippen LogP contribution in [0.5, 0.6) is 0 Å².